The molecular weight excluding hydrogens is 380 g/mol. The molecule has 6 atom stereocenters. The Labute approximate surface area is 191 Å². The monoisotopic (exact) mass is 426 g/mol. The van der Waals surface area contributed by atoms with Gasteiger partial charge in [-0.1, -0.05) is 67.5 Å². The fourth-order valence-corrected chi connectivity index (χ4v) is 7.42. The van der Waals surface area contributed by atoms with Crippen LogP contribution in [-0.2, 0) is 11.2 Å². The highest BCUT2D eigenvalue weighted by molar-refractivity contribution is 5.28. The molecule has 2 heteroatoms. The van der Waals surface area contributed by atoms with E-state index in [0.29, 0.717) is 28.3 Å². The van der Waals surface area contributed by atoms with Gasteiger partial charge in [-0.2, -0.15) is 0 Å². The summed E-state index contributed by atoms with van der Waals surface area (Å²) >= 11 is 0. The van der Waals surface area contributed by atoms with E-state index in [4.69, 9.17) is 9.47 Å². The molecule has 0 radical (unpaired) electrons. The van der Waals surface area contributed by atoms with Gasteiger partial charge in [0.15, 0.2) is 0 Å². The topological polar surface area (TPSA) is 18.5 Å². The van der Waals surface area contributed by atoms with Crippen LogP contribution in [0.3, 0.4) is 0 Å². The Morgan fingerprint density at radius 2 is 1.61 bits per heavy atom. The second kappa shape index (κ2) is 8.08. The van der Waals surface area contributed by atoms with Crippen LogP contribution >= 0.6 is 0 Å². The van der Waals surface area contributed by atoms with Crippen LogP contribution in [0.15, 0.2) is 24.3 Å². The normalized spacial score (nSPS) is 33.3. The molecular formula is C29H46O2. The molecule has 174 valence electrons. The standard InChI is InChI=1S/C29H46O2/c1-19(2)26(31-25-15-23-14-22-13-21(25)17-29(22,23)8)30-24-11-9-20(10-12-24)16-28(6,7)18-27(3,4)5/h9-12,19,21-23,25-26H,13-18H2,1-8H3. The van der Waals surface area contributed by atoms with E-state index < -0.39 is 0 Å². The lowest BCUT2D eigenvalue weighted by Gasteiger charge is -2.53. The maximum Gasteiger partial charge on any atom is 0.202 e. The summed E-state index contributed by atoms with van der Waals surface area (Å²) in [6, 6.07) is 8.78. The van der Waals surface area contributed by atoms with Crippen LogP contribution in [0.25, 0.3) is 0 Å². The second-order valence-corrected chi connectivity index (χ2v) is 13.7. The van der Waals surface area contributed by atoms with Crippen LogP contribution in [0.4, 0.5) is 0 Å². The number of hydrogen-bond donors (Lipinski definition) is 0. The van der Waals surface area contributed by atoms with E-state index in [1.807, 2.05) is 0 Å². The van der Waals surface area contributed by atoms with E-state index in [1.54, 1.807) is 0 Å². The quantitative estimate of drug-likeness (QED) is 0.393. The minimum Gasteiger partial charge on any atom is -0.465 e. The first-order valence-corrected chi connectivity index (χ1v) is 12.8. The van der Waals surface area contributed by atoms with E-state index in [9.17, 15) is 0 Å². The zero-order valence-electron chi connectivity index (χ0n) is 21.3. The minimum atomic E-state index is -0.157. The Morgan fingerprint density at radius 3 is 2.23 bits per heavy atom. The predicted octanol–water partition coefficient (Wildman–Crippen LogP) is 7.89. The third-order valence-corrected chi connectivity index (χ3v) is 8.49. The Kier molecular flexibility index (Phi) is 6.04. The molecule has 6 unspecified atom stereocenters. The van der Waals surface area contributed by atoms with Crippen LogP contribution in [0.1, 0.15) is 93.1 Å². The highest BCUT2D eigenvalue weighted by atomic mass is 16.7. The Balaban J connectivity index is 1.36. The molecule has 0 aromatic heterocycles. The van der Waals surface area contributed by atoms with Crippen molar-refractivity contribution in [3.05, 3.63) is 29.8 Å². The second-order valence-electron chi connectivity index (χ2n) is 13.7. The van der Waals surface area contributed by atoms with Crippen molar-refractivity contribution in [3.8, 4) is 5.75 Å². The van der Waals surface area contributed by atoms with Gasteiger partial charge >= 0.3 is 0 Å². The van der Waals surface area contributed by atoms with Crippen molar-refractivity contribution in [1.29, 1.82) is 0 Å². The van der Waals surface area contributed by atoms with Gasteiger partial charge in [0.25, 0.3) is 0 Å². The largest absolute Gasteiger partial charge is 0.465 e. The lowest BCUT2D eigenvalue weighted by Crippen LogP contribution is -2.48. The summed E-state index contributed by atoms with van der Waals surface area (Å²) in [6.45, 7) is 18.7. The summed E-state index contributed by atoms with van der Waals surface area (Å²) in [4.78, 5) is 0. The fourth-order valence-electron chi connectivity index (χ4n) is 7.42. The molecule has 3 fully saturated rings. The smallest absolute Gasteiger partial charge is 0.202 e. The van der Waals surface area contributed by atoms with Crippen molar-refractivity contribution in [3.63, 3.8) is 0 Å². The first-order valence-electron chi connectivity index (χ1n) is 12.8. The van der Waals surface area contributed by atoms with E-state index in [0.717, 1.165) is 29.9 Å². The summed E-state index contributed by atoms with van der Waals surface area (Å²) in [5, 5.41) is 0. The van der Waals surface area contributed by atoms with Crippen molar-refractivity contribution in [1.82, 2.24) is 0 Å². The molecule has 0 amide bonds. The van der Waals surface area contributed by atoms with Gasteiger partial charge in [-0.05, 0) is 90.2 Å². The number of rotatable bonds is 8. The van der Waals surface area contributed by atoms with Crippen molar-refractivity contribution in [2.24, 2.45) is 39.9 Å². The molecule has 1 aromatic rings. The number of hydrogen-bond acceptors (Lipinski definition) is 2. The van der Waals surface area contributed by atoms with E-state index >= 15 is 0 Å². The highest BCUT2D eigenvalue weighted by Crippen LogP contribution is 2.68. The molecule has 2 bridgehead atoms. The molecule has 0 N–H and O–H groups in total. The van der Waals surface area contributed by atoms with Crippen LogP contribution in [-0.4, -0.2) is 12.4 Å². The molecule has 3 aliphatic carbocycles. The molecule has 0 aliphatic heterocycles. The molecule has 0 heterocycles. The molecule has 3 aliphatic rings. The maximum absolute atomic E-state index is 6.67. The van der Waals surface area contributed by atoms with Crippen LogP contribution < -0.4 is 4.74 Å². The third kappa shape index (κ3) is 5.00. The van der Waals surface area contributed by atoms with Crippen molar-refractivity contribution >= 4 is 0 Å². The van der Waals surface area contributed by atoms with Crippen LogP contribution in [0.5, 0.6) is 5.75 Å². The molecule has 0 saturated heterocycles. The summed E-state index contributed by atoms with van der Waals surface area (Å²) in [7, 11) is 0. The van der Waals surface area contributed by atoms with Gasteiger partial charge in [-0.3, -0.25) is 0 Å². The first-order chi connectivity index (χ1) is 14.3. The molecule has 2 nitrogen and oxygen atoms in total. The van der Waals surface area contributed by atoms with Crippen molar-refractivity contribution < 1.29 is 9.47 Å². The van der Waals surface area contributed by atoms with E-state index in [2.05, 4.69) is 79.7 Å². The zero-order chi connectivity index (χ0) is 22.6. The molecule has 0 spiro atoms. The maximum atomic E-state index is 6.67. The third-order valence-electron chi connectivity index (χ3n) is 8.49. The lowest BCUT2D eigenvalue weighted by atomic mass is 9.53. The van der Waals surface area contributed by atoms with Gasteiger partial charge in [0, 0.05) is 5.92 Å². The lowest BCUT2D eigenvalue weighted by molar-refractivity contribution is -0.179. The summed E-state index contributed by atoms with van der Waals surface area (Å²) in [5.74, 6) is 3.86. The van der Waals surface area contributed by atoms with Gasteiger partial charge in [-0.15, -0.1) is 0 Å². The molecule has 4 rings (SSSR count). The van der Waals surface area contributed by atoms with Gasteiger partial charge in [0.05, 0.1) is 6.10 Å². The fraction of sp³-hybridized carbons (Fsp3) is 0.793. The van der Waals surface area contributed by atoms with Gasteiger partial charge < -0.3 is 9.47 Å². The highest BCUT2D eigenvalue weighted by Gasteiger charge is 2.62. The van der Waals surface area contributed by atoms with Gasteiger partial charge in [-0.25, -0.2) is 0 Å². The average molecular weight is 427 g/mol. The summed E-state index contributed by atoms with van der Waals surface area (Å²) in [6.07, 6.45) is 7.97. The SMILES string of the molecule is CC(C)C(Oc1ccc(CC(C)(C)CC(C)(C)C)cc1)OC1CC2CC3CC1CC32C. The zero-order valence-corrected chi connectivity index (χ0v) is 21.3. The molecule has 1 aromatic carbocycles. The van der Waals surface area contributed by atoms with Gasteiger partial charge in [0.2, 0.25) is 6.29 Å². The number of ether oxygens (including phenoxy) is 2. The van der Waals surface area contributed by atoms with Crippen LogP contribution in [0.2, 0.25) is 0 Å². The van der Waals surface area contributed by atoms with Crippen LogP contribution in [0, 0.1) is 39.9 Å². The molecule has 31 heavy (non-hydrogen) atoms. The summed E-state index contributed by atoms with van der Waals surface area (Å²) < 4.78 is 13.1. The summed E-state index contributed by atoms with van der Waals surface area (Å²) in [5.41, 5.74) is 2.67. The Bertz CT molecular complexity index is 756. The Morgan fingerprint density at radius 1 is 0.968 bits per heavy atom. The first kappa shape index (κ1) is 23.1. The van der Waals surface area contributed by atoms with E-state index in [-0.39, 0.29) is 6.29 Å². The van der Waals surface area contributed by atoms with Gasteiger partial charge in [0.1, 0.15) is 5.75 Å². The van der Waals surface area contributed by atoms with E-state index in [1.165, 1.54) is 37.7 Å². The number of fused-ring (bicyclic) bond motifs is 1. The Hall–Kier alpha value is -1.02. The van der Waals surface area contributed by atoms with Crippen molar-refractivity contribution in [2.75, 3.05) is 0 Å². The predicted molar refractivity (Wildman–Crippen MR) is 129 cm³/mol. The minimum absolute atomic E-state index is 0.157. The van der Waals surface area contributed by atoms with Crippen molar-refractivity contribution in [2.45, 2.75) is 106 Å². The average Bonchev–Trinajstić information content (AvgIpc) is 2.75. The number of benzene rings is 1. The molecule has 3 saturated carbocycles.